The third-order valence-corrected chi connectivity index (χ3v) is 8.72. The Labute approximate surface area is 236 Å². The van der Waals surface area contributed by atoms with Crippen molar-refractivity contribution in [3.63, 3.8) is 0 Å². The highest BCUT2D eigenvalue weighted by molar-refractivity contribution is 7.95. The summed E-state index contributed by atoms with van der Waals surface area (Å²) >= 11 is 0. The van der Waals surface area contributed by atoms with Gasteiger partial charge in [0.2, 0.25) is 19.9 Å². The molecular weight excluding hydrogens is 579 g/mol. The van der Waals surface area contributed by atoms with E-state index in [0.29, 0.717) is 11.1 Å². The fourth-order valence-corrected chi connectivity index (χ4v) is 6.90. The molecule has 15 heteroatoms. The van der Waals surface area contributed by atoms with E-state index in [1.807, 2.05) is 0 Å². The summed E-state index contributed by atoms with van der Waals surface area (Å²) in [6.07, 6.45) is -0.627. The van der Waals surface area contributed by atoms with Gasteiger partial charge < -0.3 is 25.8 Å². The highest BCUT2D eigenvalue weighted by Crippen LogP contribution is 2.44. The minimum absolute atomic E-state index is 0.0569. The number of hydrogen-bond acceptors (Lipinski definition) is 9. The molecule has 4 rings (SSSR count). The maximum Gasteiger partial charge on any atom is 0.410 e. The fraction of sp³-hybridized carbons (Fsp3) is 0.308. The molecule has 0 fully saturated rings. The van der Waals surface area contributed by atoms with Crippen molar-refractivity contribution in [3.05, 3.63) is 75.5 Å². The largest absolute Gasteiger partial charge is 0.509 e. The second-order valence-electron chi connectivity index (χ2n) is 10.8. The van der Waals surface area contributed by atoms with Gasteiger partial charge >= 0.3 is 6.09 Å². The number of hydrogen-bond donors (Lipinski definition) is 4. The molecule has 0 unspecified atom stereocenters. The molecule has 2 aliphatic rings. The number of halogens is 1. The van der Waals surface area contributed by atoms with Gasteiger partial charge in [0.25, 0.3) is 11.0 Å². The van der Waals surface area contributed by atoms with E-state index in [9.17, 15) is 35.9 Å². The lowest BCUT2D eigenvalue weighted by molar-refractivity contribution is -0.129. The predicted molar refractivity (Wildman–Crippen MR) is 148 cm³/mol. The van der Waals surface area contributed by atoms with Crippen LogP contribution in [0.5, 0.6) is 0 Å². The monoisotopic (exact) mass is 608 g/mol. The van der Waals surface area contributed by atoms with Crippen LogP contribution in [0.15, 0.2) is 63.4 Å². The summed E-state index contributed by atoms with van der Waals surface area (Å²) in [6, 6.07) is 6.89. The van der Waals surface area contributed by atoms with Crippen molar-refractivity contribution in [2.75, 3.05) is 16.3 Å². The number of aliphatic hydroxyl groups excluding tert-OH is 1. The van der Waals surface area contributed by atoms with Gasteiger partial charge in [0, 0.05) is 12.2 Å². The van der Waals surface area contributed by atoms with Crippen LogP contribution in [0.2, 0.25) is 0 Å². The summed E-state index contributed by atoms with van der Waals surface area (Å²) in [4.78, 5) is 26.6. The van der Waals surface area contributed by atoms with E-state index in [1.165, 1.54) is 29.2 Å². The summed E-state index contributed by atoms with van der Waals surface area (Å²) in [5.41, 5.74) is 4.16. The van der Waals surface area contributed by atoms with Crippen LogP contribution >= 0.6 is 0 Å². The molecule has 5 N–H and O–H groups in total. The zero-order valence-corrected chi connectivity index (χ0v) is 24.4. The number of nitrogens with zero attached hydrogens (tertiary/aromatic N) is 1. The molecule has 0 spiro atoms. The van der Waals surface area contributed by atoms with Crippen LogP contribution in [-0.2, 0) is 35.9 Å². The van der Waals surface area contributed by atoms with Crippen LogP contribution in [0.4, 0.5) is 20.6 Å². The van der Waals surface area contributed by atoms with E-state index in [4.69, 9.17) is 10.5 Å². The molecule has 12 nitrogen and oxygen atoms in total. The molecule has 41 heavy (non-hydrogen) atoms. The normalized spacial score (nSPS) is 18.7. The smallest absolute Gasteiger partial charge is 0.410 e. The van der Waals surface area contributed by atoms with Gasteiger partial charge in [0.15, 0.2) is 0 Å². The first-order valence-corrected chi connectivity index (χ1v) is 15.5. The number of amides is 2. The van der Waals surface area contributed by atoms with Gasteiger partial charge in [-0.05, 0) is 47.7 Å². The number of fused-ring (bicyclic) bond motifs is 1. The number of sulfone groups is 1. The van der Waals surface area contributed by atoms with Crippen molar-refractivity contribution in [2.45, 2.75) is 45.2 Å². The Kier molecular flexibility index (Phi) is 7.33. The average Bonchev–Trinajstić information content (AvgIpc) is 3.06. The molecule has 0 bridgehead atoms. The number of rotatable bonds is 6. The van der Waals surface area contributed by atoms with Crippen LogP contribution < -0.4 is 15.8 Å². The standard InChI is InChI=1S/C26H29FN4O8S2/c1-13-10-14(6-8-16(13)27)12-31-22(26(2,3)4)21(32)19(23(31)33)20-24(39-25(28)34)41(37,38)18-11-15(30-40(5,35)36)7-9-17(18)29-20/h6-11,22,29-30,32H,12H2,1-5H3,(H2,28,34)/t22-/m1/s1. The van der Waals surface area contributed by atoms with Crippen LogP contribution in [0.3, 0.4) is 0 Å². The highest BCUT2D eigenvalue weighted by Gasteiger charge is 2.49. The number of nitrogens with two attached hydrogens (primary N) is 1. The number of ether oxygens (including phenoxy) is 1. The summed E-state index contributed by atoms with van der Waals surface area (Å²) in [6.45, 7) is 6.80. The van der Waals surface area contributed by atoms with Gasteiger partial charge in [-0.3, -0.25) is 9.52 Å². The lowest BCUT2D eigenvalue weighted by atomic mass is 9.85. The first-order chi connectivity index (χ1) is 18.8. The molecule has 1 atom stereocenters. The Morgan fingerprint density at radius 1 is 1.22 bits per heavy atom. The van der Waals surface area contributed by atoms with Crippen LogP contribution in [0.1, 0.15) is 31.9 Å². The molecule has 220 valence electrons. The van der Waals surface area contributed by atoms with E-state index in [0.717, 1.165) is 12.3 Å². The van der Waals surface area contributed by atoms with Crippen LogP contribution in [-0.4, -0.2) is 51.1 Å². The maximum atomic E-state index is 13.9. The van der Waals surface area contributed by atoms with Crippen molar-refractivity contribution in [1.82, 2.24) is 4.90 Å². The Morgan fingerprint density at radius 2 is 1.88 bits per heavy atom. The van der Waals surface area contributed by atoms with Gasteiger partial charge in [-0.15, -0.1) is 0 Å². The van der Waals surface area contributed by atoms with Crippen molar-refractivity contribution in [1.29, 1.82) is 0 Å². The number of anilines is 2. The number of sulfonamides is 1. The highest BCUT2D eigenvalue weighted by atomic mass is 32.2. The molecule has 2 amide bonds. The molecule has 2 heterocycles. The summed E-state index contributed by atoms with van der Waals surface area (Å²) < 4.78 is 71.7. The lowest BCUT2D eigenvalue weighted by Gasteiger charge is -2.35. The second-order valence-corrected chi connectivity index (χ2v) is 14.4. The van der Waals surface area contributed by atoms with E-state index in [2.05, 4.69) is 10.0 Å². The SMILES string of the molecule is Cc1cc(CN2C(=O)C(C3=C(OC(N)=O)S(=O)(=O)c4cc(NS(C)(=O)=O)ccc4N3)=C(O)[C@@H]2C(C)(C)C)ccc1F. The number of carbonyl (C=O) groups is 2. The zero-order chi connectivity index (χ0) is 30.7. The molecule has 2 aromatic carbocycles. The fourth-order valence-electron chi connectivity index (χ4n) is 4.84. The van der Waals surface area contributed by atoms with E-state index in [-0.39, 0.29) is 17.9 Å². The van der Waals surface area contributed by atoms with Crippen molar-refractivity contribution < 1.29 is 40.7 Å². The summed E-state index contributed by atoms with van der Waals surface area (Å²) in [5, 5.41) is 13.1. The molecule has 0 saturated carbocycles. The van der Waals surface area contributed by atoms with Crippen molar-refractivity contribution >= 4 is 43.2 Å². The molecule has 2 aliphatic heterocycles. The van der Waals surface area contributed by atoms with Crippen molar-refractivity contribution in [2.24, 2.45) is 11.1 Å². The van der Waals surface area contributed by atoms with Crippen LogP contribution in [0.25, 0.3) is 0 Å². The Balaban J connectivity index is 1.89. The maximum absolute atomic E-state index is 13.9. The van der Waals surface area contributed by atoms with Gasteiger partial charge in [-0.1, -0.05) is 32.9 Å². The third kappa shape index (κ3) is 5.72. The molecule has 0 aromatic heterocycles. The van der Waals surface area contributed by atoms with Gasteiger partial charge in [0.05, 0.1) is 18.0 Å². The Morgan fingerprint density at radius 3 is 2.44 bits per heavy atom. The number of primary amides is 1. The number of aryl methyl sites for hydroxylation is 1. The molecule has 0 aliphatic carbocycles. The first-order valence-electron chi connectivity index (χ1n) is 12.2. The van der Waals surface area contributed by atoms with Gasteiger partial charge in [-0.25, -0.2) is 26.0 Å². The predicted octanol–water partition coefficient (Wildman–Crippen LogP) is 3.24. The van der Waals surface area contributed by atoms with E-state index < -0.39 is 76.2 Å². The minimum Gasteiger partial charge on any atom is -0.509 e. The van der Waals surface area contributed by atoms with Crippen LogP contribution in [0, 0.1) is 18.2 Å². The average molecular weight is 609 g/mol. The summed E-state index contributed by atoms with van der Waals surface area (Å²) in [5.74, 6) is -1.70. The van der Waals surface area contributed by atoms with E-state index >= 15 is 0 Å². The number of aliphatic hydroxyl groups is 1. The van der Waals surface area contributed by atoms with E-state index in [1.54, 1.807) is 33.8 Å². The van der Waals surface area contributed by atoms with Gasteiger partial charge in [0.1, 0.15) is 27.7 Å². The minimum atomic E-state index is -4.73. The Bertz CT molecular complexity index is 1760. The zero-order valence-electron chi connectivity index (χ0n) is 22.8. The van der Waals surface area contributed by atoms with Crippen molar-refractivity contribution in [3.8, 4) is 0 Å². The first kappa shape index (κ1) is 29.9. The Hall–Kier alpha value is -4.11. The summed E-state index contributed by atoms with van der Waals surface area (Å²) in [7, 11) is -8.49. The number of benzene rings is 2. The lowest BCUT2D eigenvalue weighted by Crippen LogP contribution is -2.43. The topological polar surface area (TPSA) is 185 Å². The molecule has 2 aromatic rings. The molecular formula is C26H29FN4O8S2. The molecule has 0 saturated heterocycles. The number of nitrogens with one attached hydrogen (secondary N) is 2. The number of carbonyl (C=O) groups excluding carboxylic acids is 2. The molecule has 0 radical (unpaired) electrons. The van der Waals surface area contributed by atoms with Gasteiger partial charge in [-0.2, -0.15) is 0 Å². The third-order valence-electron chi connectivity index (χ3n) is 6.42. The second kappa shape index (κ2) is 10.1. The quantitative estimate of drug-likeness (QED) is 0.382.